The summed E-state index contributed by atoms with van der Waals surface area (Å²) in [7, 11) is 5.38. The number of likely N-dealkylation sites (tertiary alicyclic amines) is 1. The number of Topliss-reactive ketones (excluding diaryl/α,β-unsaturated/α-hetero) is 1. The van der Waals surface area contributed by atoms with E-state index in [9.17, 15) is 14.7 Å². The average Bonchev–Trinajstić information content (AvgIpc) is 3.01. The topological polar surface area (TPSA) is 79.3 Å². The van der Waals surface area contributed by atoms with Crippen LogP contribution in [-0.4, -0.2) is 67.0 Å². The van der Waals surface area contributed by atoms with Gasteiger partial charge in [0.2, 0.25) is 0 Å². The molecule has 2 aromatic carbocycles. The van der Waals surface area contributed by atoms with Crippen molar-refractivity contribution < 1.29 is 24.2 Å². The number of ether oxygens (including phenoxy) is 2. The highest BCUT2D eigenvalue weighted by molar-refractivity contribution is 6.46. The Kier molecular flexibility index (Phi) is 7.43. The molecule has 7 nitrogen and oxygen atoms in total. The molecule has 1 fully saturated rings. The number of aryl methyl sites for hydroxylation is 1. The Morgan fingerprint density at radius 1 is 1.12 bits per heavy atom. The first-order valence-corrected chi connectivity index (χ1v) is 11.0. The number of rotatable bonds is 8. The van der Waals surface area contributed by atoms with Crippen LogP contribution in [0.1, 0.15) is 36.6 Å². The van der Waals surface area contributed by atoms with E-state index in [2.05, 4.69) is 0 Å². The minimum atomic E-state index is -0.720. The molecule has 33 heavy (non-hydrogen) atoms. The maximum Gasteiger partial charge on any atom is 0.295 e. The molecule has 0 aromatic heterocycles. The van der Waals surface area contributed by atoms with Gasteiger partial charge in [0.1, 0.15) is 17.3 Å². The lowest BCUT2D eigenvalue weighted by Gasteiger charge is -2.27. The zero-order valence-corrected chi connectivity index (χ0v) is 20.1. The van der Waals surface area contributed by atoms with Crippen molar-refractivity contribution in [3.8, 4) is 11.5 Å². The van der Waals surface area contributed by atoms with Gasteiger partial charge in [0.05, 0.1) is 24.8 Å². The Hall–Kier alpha value is -3.32. The molecule has 7 heteroatoms. The maximum atomic E-state index is 13.2. The third-order valence-corrected chi connectivity index (χ3v) is 5.56. The molecule has 1 N–H and O–H groups in total. The number of likely N-dealkylation sites (N-methyl/N-ethyl adjacent to an activating group) is 1. The van der Waals surface area contributed by atoms with Crippen LogP contribution in [0.4, 0.5) is 0 Å². The van der Waals surface area contributed by atoms with Crippen molar-refractivity contribution in [1.82, 2.24) is 9.80 Å². The third kappa shape index (κ3) is 5.20. The lowest BCUT2D eigenvalue weighted by molar-refractivity contribution is -0.140. The first-order valence-electron chi connectivity index (χ1n) is 11.0. The van der Waals surface area contributed by atoms with Crippen LogP contribution in [0.2, 0.25) is 0 Å². The second-order valence-corrected chi connectivity index (χ2v) is 8.72. The SMILES string of the molecule is COc1ccc(/C(O)=C2\C(=O)C(=O)N(CCN(C)C)C2c2cccc(OC(C)C)c2)c(C)c1. The molecular weight excluding hydrogens is 420 g/mol. The van der Waals surface area contributed by atoms with E-state index in [1.54, 1.807) is 25.3 Å². The molecule has 1 aliphatic heterocycles. The van der Waals surface area contributed by atoms with Gasteiger partial charge in [0.15, 0.2) is 0 Å². The molecule has 0 spiro atoms. The molecule has 1 unspecified atom stereocenters. The van der Waals surface area contributed by atoms with E-state index in [4.69, 9.17) is 9.47 Å². The minimum Gasteiger partial charge on any atom is -0.507 e. The van der Waals surface area contributed by atoms with Crippen molar-refractivity contribution in [2.45, 2.75) is 32.9 Å². The van der Waals surface area contributed by atoms with Crippen LogP contribution in [0.25, 0.3) is 5.76 Å². The Morgan fingerprint density at radius 3 is 2.45 bits per heavy atom. The van der Waals surface area contributed by atoms with Crippen LogP contribution in [0.5, 0.6) is 11.5 Å². The lowest BCUT2D eigenvalue weighted by Crippen LogP contribution is -2.35. The molecule has 0 radical (unpaired) electrons. The van der Waals surface area contributed by atoms with Crippen molar-refractivity contribution in [3.05, 3.63) is 64.7 Å². The number of benzene rings is 2. The first kappa shape index (κ1) is 24.3. The number of aliphatic hydroxyl groups is 1. The van der Waals surface area contributed by atoms with Crippen molar-refractivity contribution in [2.24, 2.45) is 0 Å². The highest BCUT2D eigenvalue weighted by Gasteiger charge is 2.46. The van der Waals surface area contributed by atoms with Gasteiger partial charge in [-0.3, -0.25) is 9.59 Å². The fourth-order valence-electron chi connectivity index (χ4n) is 3.97. The third-order valence-electron chi connectivity index (χ3n) is 5.56. The van der Waals surface area contributed by atoms with E-state index >= 15 is 0 Å². The summed E-state index contributed by atoms with van der Waals surface area (Å²) in [5.74, 6) is -0.223. The summed E-state index contributed by atoms with van der Waals surface area (Å²) >= 11 is 0. The number of amides is 1. The normalized spacial score (nSPS) is 17.8. The smallest absolute Gasteiger partial charge is 0.295 e. The quantitative estimate of drug-likeness (QED) is 0.373. The Balaban J connectivity index is 2.17. The van der Waals surface area contributed by atoms with E-state index in [0.717, 1.165) is 5.56 Å². The van der Waals surface area contributed by atoms with Gasteiger partial charge in [0, 0.05) is 18.7 Å². The molecule has 1 heterocycles. The zero-order valence-electron chi connectivity index (χ0n) is 20.1. The molecule has 0 saturated carbocycles. The van der Waals surface area contributed by atoms with Crippen LogP contribution in [0.15, 0.2) is 48.0 Å². The van der Waals surface area contributed by atoms with Crippen molar-refractivity contribution in [3.63, 3.8) is 0 Å². The molecule has 3 rings (SSSR count). The summed E-state index contributed by atoms with van der Waals surface area (Å²) in [4.78, 5) is 29.7. The number of ketones is 1. The van der Waals surface area contributed by atoms with Crippen LogP contribution in [0, 0.1) is 6.92 Å². The molecule has 1 aliphatic rings. The van der Waals surface area contributed by atoms with E-state index in [-0.39, 0.29) is 17.4 Å². The number of hydrogen-bond donors (Lipinski definition) is 1. The van der Waals surface area contributed by atoms with Gasteiger partial charge in [-0.05, 0) is 76.3 Å². The molecule has 176 valence electrons. The fraction of sp³-hybridized carbons (Fsp3) is 0.385. The maximum absolute atomic E-state index is 13.2. The van der Waals surface area contributed by atoms with Crippen molar-refractivity contribution >= 4 is 17.4 Å². The average molecular weight is 453 g/mol. The number of aliphatic hydroxyl groups excluding tert-OH is 1. The summed E-state index contributed by atoms with van der Waals surface area (Å²) in [6, 6.07) is 11.8. The van der Waals surface area contributed by atoms with Crippen molar-refractivity contribution in [1.29, 1.82) is 0 Å². The second-order valence-electron chi connectivity index (χ2n) is 8.72. The number of hydrogen-bond acceptors (Lipinski definition) is 6. The molecular formula is C26H32N2O5. The van der Waals surface area contributed by atoms with Gasteiger partial charge < -0.3 is 24.4 Å². The Labute approximate surface area is 195 Å². The summed E-state index contributed by atoms with van der Waals surface area (Å²) in [6.45, 7) is 6.61. The highest BCUT2D eigenvalue weighted by atomic mass is 16.5. The molecule has 1 amide bonds. The van der Waals surface area contributed by atoms with Crippen LogP contribution < -0.4 is 9.47 Å². The molecule has 2 aromatic rings. The summed E-state index contributed by atoms with van der Waals surface area (Å²) in [6.07, 6.45) is -0.0256. The van der Waals surface area contributed by atoms with Gasteiger partial charge >= 0.3 is 0 Å². The van der Waals surface area contributed by atoms with Gasteiger partial charge in [-0.25, -0.2) is 0 Å². The number of nitrogens with zero attached hydrogens (tertiary/aromatic N) is 2. The van der Waals surface area contributed by atoms with Gasteiger partial charge in [-0.1, -0.05) is 12.1 Å². The van der Waals surface area contributed by atoms with Gasteiger partial charge in [0.25, 0.3) is 11.7 Å². The molecule has 0 aliphatic carbocycles. The predicted molar refractivity (Wildman–Crippen MR) is 128 cm³/mol. The number of methoxy groups -OCH3 is 1. The molecule has 0 bridgehead atoms. The van der Waals surface area contributed by atoms with Crippen LogP contribution in [0.3, 0.4) is 0 Å². The van der Waals surface area contributed by atoms with Crippen LogP contribution >= 0.6 is 0 Å². The first-order chi connectivity index (χ1) is 15.6. The predicted octanol–water partition coefficient (Wildman–Crippen LogP) is 3.77. The number of carbonyl (C=O) groups is 2. The Morgan fingerprint density at radius 2 is 1.85 bits per heavy atom. The number of carbonyl (C=O) groups excluding carboxylic acids is 2. The van der Waals surface area contributed by atoms with Crippen LogP contribution in [-0.2, 0) is 9.59 Å². The van der Waals surface area contributed by atoms with E-state index in [1.807, 2.05) is 64.0 Å². The molecule has 1 atom stereocenters. The zero-order chi connectivity index (χ0) is 24.3. The summed E-state index contributed by atoms with van der Waals surface area (Å²) in [5.41, 5.74) is 2.01. The molecule has 1 saturated heterocycles. The largest absolute Gasteiger partial charge is 0.507 e. The fourth-order valence-corrected chi connectivity index (χ4v) is 3.97. The second kappa shape index (κ2) is 10.1. The van der Waals surface area contributed by atoms with E-state index < -0.39 is 17.7 Å². The Bertz CT molecular complexity index is 1070. The van der Waals surface area contributed by atoms with Gasteiger partial charge in [-0.2, -0.15) is 0 Å². The monoisotopic (exact) mass is 452 g/mol. The summed E-state index contributed by atoms with van der Waals surface area (Å²) < 4.78 is 11.1. The van der Waals surface area contributed by atoms with Crippen molar-refractivity contribution in [2.75, 3.05) is 34.3 Å². The lowest BCUT2D eigenvalue weighted by atomic mass is 9.93. The van der Waals surface area contributed by atoms with E-state index in [1.165, 1.54) is 4.90 Å². The van der Waals surface area contributed by atoms with E-state index in [0.29, 0.717) is 35.7 Å². The van der Waals surface area contributed by atoms with Gasteiger partial charge in [-0.15, -0.1) is 0 Å². The minimum absolute atomic E-state index is 0.0256. The standard InChI is InChI=1S/C26H32N2O5/c1-16(2)33-20-9-7-8-18(15-20)23-22(25(30)26(31)28(23)13-12-27(4)5)24(29)21-11-10-19(32-6)14-17(21)3/h7-11,14-16,23,29H,12-13H2,1-6H3/b24-22+. The highest BCUT2D eigenvalue weighted by Crippen LogP contribution is 2.40. The summed E-state index contributed by atoms with van der Waals surface area (Å²) in [5, 5.41) is 11.3.